The number of rotatable bonds is 10. The van der Waals surface area contributed by atoms with E-state index in [1.165, 1.54) is 23.8 Å². The Labute approximate surface area is 167 Å². The molecule has 0 atom stereocenters. The number of carbonyl (C=O) groups excluding carboxylic acids is 2. The van der Waals surface area contributed by atoms with Gasteiger partial charge in [0, 0.05) is 19.5 Å². The Hall–Kier alpha value is -2.75. The Bertz CT molecular complexity index is 788. The zero-order chi connectivity index (χ0) is 20.5. The molecular weight excluding hydrogens is 386 g/mol. The van der Waals surface area contributed by atoms with Gasteiger partial charge in [-0.05, 0) is 17.7 Å². The molecule has 2 rings (SSSR count). The molecule has 0 bridgehead atoms. The van der Waals surface area contributed by atoms with Crippen LogP contribution in [0.3, 0.4) is 0 Å². The first-order valence-electron chi connectivity index (χ1n) is 8.38. The van der Waals surface area contributed by atoms with Crippen LogP contribution in [0, 0.1) is 6.92 Å². The van der Waals surface area contributed by atoms with Crippen LogP contribution in [0.25, 0.3) is 0 Å². The summed E-state index contributed by atoms with van der Waals surface area (Å²) in [4.78, 5) is 30.0. The summed E-state index contributed by atoms with van der Waals surface area (Å²) < 4.78 is 20.1. The molecule has 0 aliphatic carbocycles. The van der Waals surface area contributed by atoms with Crippen molar-refractivity contribution < 1.29 is 28.3 Å². The van der Waals surface area contributed by atoms with Gasteiger partial charge in [-0.25, -0.2) is 0 Å². The van der Waals surface area contributed by atoms with Crippen molar-refractivity contribution in [2.75, 3.05) is 33.6 Å². The second-order valence-corrected chi connectivity index (χ2v) is 6.75. The number of aromatic nitrogens is 2. The highest BCUT2D eigenvalue weighted by Crippen LogP contribution is 2.23. The van der Waals surface area contributed by atoms with E-state index in [2.05, 4.69) is 10.1 Å². The lowest BCUT2D eigenvalue weighted by Gasteiger charge is -2.22. The fourth-order valence-electron chi connectivity index (χ4n) is 2.35. The van der Waals surface area contributed by atoms with Crippen LogP contribution in [0.5, 0.6) is 11.5 Å². The molecule has 0 radical (unpaired) electrons. The number of amides is 1. The number of thioether (sulfide) groups is 1. The summed E-state index contributed by atoms with van der Waals surface area (Å²) in [5.41, 5.74) is 0.771. The molecule has 0 N–H and O–H groups in total. The number of ether oxygens (including phenoxy) is 3. The lowest BCUT2D eigenvalue weighted by molar-refractivity contribution is -0.146. The molecule has 1 aromatic carbocycles. The average Bonchev–Trinajstić information content (AvgIpc) is 3.11. The average molecular weight is 409 g/mol. The van der Waals surface area contributed by atoms with E-state index in [0.717, 1.165) is 5.56 Å². The van der Waals surface area contributed by atoms with Gasteiger partial charge in [-0.2, -0.15) is 4.98 Å². The molecule has 0 aliphatic rings. The molecule has 1 heterocycles. The first-order chi connectivity index (χ1) is 13.4. The number of carbonyl (C=O) groups is 2. The van der Waals surface area contributed by atoms with Gasteiger partial charge in [-0.1, -0.05) is 5.16 Å². The van der Waals surface area contributed by atoms with E-state index >= 15 is 0 Å². The zero-order valence-electron chi connectivity index (χ0n) is 16.3. The first kappa shape index (κ1) is 21.5. The SMILES string of the molecule is COC(=O)CN(Cc1cc(OC)cc(OC)c1)C(=O)CSCc1noc(C)n1. The van der Waals surface area contributed by atoms with Gasteiger partial charge in [-0.3, -0.25) is 9.59 Å². The van der Waals surface area contributed by atoms with E-state index in [-0.39, 0.29) is 24.7 Å². The number of esters is 1. The number of nitrogens with zero attached hydrogens (tertiary/aromatic N) is 3. The van der Waals surface area contributed by atoms with Gasteiger partial charge in [0.05, 0.1) is 32.8 Å². The van der Waals surface area contributed by atoms with Crippen LogP contribution in [0.15, 0.2) is 22.7 Å². The van der Waals surface area contributed by atoms with Crippen molar-refractivity contribution in [1.29, 1.82) is 0 Å². The molecule has 0 unspecified atom stereocenters. The van der Waals surface area contributed by atoms with E-state index < -0.39 is 5.97 Å². The minimum atomic E-state index is -0.498. The highest BCUT2D eigenvalue weighted by molar-refractivity contribution is 7.99. The standard InChI is InChI=1S/C18H23N3O6S/c1-12-19-16(20-27-12)10-28-11-17(22)21(9-18(23)26-4)8-13-5-14(24-2)7-15(6-13)25-3/h5-7H,8-11H2,1-4H3. The summed E-state index contributed by atoms with van der Waals surface area (Å²) in [5, 5.41) is 3.79. The molecule has 9 nitrogen and oxygen atoms in total. The Kier molecular flexibility index (Phi) is 8.12. The predicted octanol–water partition coefficient (Wildman–Crippen LogP) is 1.83. The second-order valence-electron chi connectivity index (χ2n) is 5.77. The van der Waals surface area contributed by atoms with E-state index in [1.807, 2.05) is 0 Å². The van der Waals surface area contributed by atoms with Gasteiger partial charge >= 0.3 is 5.97 Å². The largest absolute Gasteiger partial charge is 0.497 e. The predicted molar refractivity (Wildman–Crippen MR) is 102 cm³/mol. The van der Waals surface area contributed by atoms with E-state index in [0.29, 0.717) is 29.0 Å². The fourth-order valence-corrected chi connectivity index (χ4v) is 3.11. The Morgan fingerprint density at radius 2 is 1.82 bits per heavy atom. The third-order valence-electron chi connectivity index (χ3n) is 3.71. The molecular formula is C18H23N3O6S. The highest BCUT2D eigenvalue weighted by Gasteiger charge is 2.19. The van der Waals surface area contributed by atoms with Gasteiger partial charge in [0.25, 0.3) is 0 Å². The number of aryl methyl sites for hydroxylation is 1. The Balaban J connectivity index is 2.05. The maximum absolute atomic E-state index is 12.7. The second kappa shape index (κ2) is 10.5. The summed E-state index contributed by atoms with van der Waals surface area (Å²) in [6.07, 6.45) is 0. The van der Waals surface area contributed by atoms with Gasteiger partial charge in [0.2, 0.25) is 11.8 Å². The molecule has 1 amide bonds. The number of methoxy groups -OCH3 is 3. The topological polar surface area (TPSA) is 104 Å². The molecule has 1 aromatic heterocycles. The van der Waals surface area contributed by atoms with Gasteiger partial charge < -0.3 is 23.6 Å². The smallest absolute Gasteiger partial charge is 0.325 e. The maximum atomic E-state index is 12.7. The molecule has 0 fully saturated rings. The molecule has 0 saturated carbocycles. The van der Waals surface area contributed by atoms with Crippen LogP contribution in [-0.2, 0) is 26.6 Å². The normalized spacial score (nSPS) is 10.4. The van der Waals surface area contributed by atoms with Crippen molar-refractivity contribution in [1.82, 2.24) is 15.0 Å². The van der Waals surface area contributed by atoms with Crippen molar-refractivity contribution >= 4 is 23.6 Å². The number of hydrogen-bond donors (Lipinski definition) is 0. The van der Waals surface area contributed by atoms with Crippen molar-refractivity contribution in [2.45, 2.75) is 19.2 Å². The molecule has 10 heteroatoms. The molecule has 152 valence electrons. The summed E-state index contributed by atoms with van der Waals surface area (Å²) in [6, 6.07) is 5.31. The van der Waals surface area contributed by atoms with Crippen molar-refractivity contribution in [3.05, 3.63) is 35.5 Å². The summed E-state index contributed by atoms with van der Waals surface area (Å²) in [6.45, 7) is 1.76. The first-order valence-corrected chi connectivity index (χ1v) is 9.54. The summed E-state index contributed by atoms with van der Waals surface area (Å²) in [7, 11) is 4.38. The lowest BCUT2D eigenvalue weighted by Crippen LogP contribution is -2.37. The monoisotopic (exact) mass is 409 g/mol. The molecule has 0 aliphatic heterocycles. The van der Waals surface area contributed by atoms with Crippen molar-refractivity contribution in [2.24, 2.45) is 0 Å². The van der Waals surface area contributed by atoms with Crippen LogP contribution in [-0.4, -0.2) is 60.5 Å². The van der Waals surface area contributed by atoms with Gasteiger partial charge in [-0.15, -0.1) is 11.8 Å². The fraction of sp³-hybridized carbons (Fsp3) is 0.444. The summed E-state index contributed by atoms with van der Waals surface area (Å²) >= 11 is 1.34. The van der Waals surface area contributed by atoms with Crippen LogP contribution in [0.4, 0.5) is 0 Å². The van der Waals surface area contributed by atoms with Gasteiger partial charge in [0.1, 0.15) is 18.0 Å². The third-order valence-corrected chi connectivity index (χ3v) is 4.62. The van der Waals surface area contributed by atoms with Crippen LogP contribution in [0.1, 0.15) is 17.3 Å². The quantitative estimate of drug-likeness (QED) is 0.544. The van der Waals surface area contributed by atoms with Crippen molar-refractivity contribution in [3.63, 3.8) is 0 Å². The maximum Gasteiger partial charge on any atom is 0.325 e. The number of hydrogen-bond acceptors (Lipinski definition) is 9. The zero-order valence-corrected chi connectivity index (χ0v) is 17.1. The Morgan fingerprint density at radius 1 is 1.14 bits per heavy atom. The van der Waals surface area contributed by atoms with E-state index in [9.17, 15) is 9.59 Å². The minimum Gasteiger partial charge on any atom is -0.497 e. The molecule has 0 spiro atoms. The van der Waals surface area contributed by atoms with Crippen molar-refractivity contribution in [3.8, 4) is 11.5 Å². The van der Waals surface area contributed by atoms with Crippen LogP contribution >= 0.6 is 11.8 Å². The van der Waals surface area contributed by atoms with Gasteiger partial charge in [0.15, 0.2) is 5.82 Å². The third kappa shape index (κ3) is 6.45. The summed E-state index contributed by atoms with van der Waals surface area (Å²) in [5.74, 6) is 2.07. The van der Waals surface area contributed by atoms with Crippen LogP contribution in [0.2, 0.25) is 0 Å². The van der Waals surface area contributed by atoms with Crippen LogP contribution < -0.4 is 9.47 Å². The minimum absolute atomic E-state index is 0.156. The molecule has 2 aromatic rings. The number of benzene rings is 1. The molecule has 28 heavy (non-hydrogen) atoms. The highest BCUT2D eigenvalue weighted by atomic mass is 32.2. The molecule has 0 saturated heterocycles. The van der Waals surface area contributed by atoms with E-state index in [4.69, 9.17) is 18.7 Å². The Morgan fingerprint density at radius 3 is 2.36 bits per heavy atom. The van der Waals surface area contributed by atoms with E-state index in [1.54, 1.807) is 39.3 Å². The lowest BCUT2D eigenvalue weighted by atomic mass is 10.2.